The fourth-order valence-corrected chi connectivity index (χ4v) is 2.88. The largest absolute Gasteiger partial charge is 0.622 e. The van der Waals surface area contributed by atoms with Gasteiger partial charge >= 0.3 is 0 Å². The standard InChI is InChI=1S/C16H24N4O2/c1-6-14-15(3,4)20(22)16(5,19(14)21)12(2)17-18-13-10-8-7-9-11-13/h7-11,17-18,22H,2,6H2,1,3-5H3. The van der Waals surface area contributed by atoms with Crippen LogP contribution in [-0.2, 0) is 0 Å². The Bertz CT molecular complexity index is 597. The van der Waals surface area contributed by atoms with E-state index >= 15 is 0 Å². The molecule has 1 aliphatic rings. The lowest BCUT2D eigenvalue weighted by Crippen LogP contribution is -2.56. The van der Waals surface area contributed by atoms with Crippen molar-refractivity contribution >= 4 is 11.4 Å². The Balaban J connectivity index is 2.23. The first-order valence-corrected chi connectivity index (χ1v) is 7.35. The number of hydrazine groups is 1. The van der Waals surface area contributed by atoms with Gasteiger partial charge in [0.25, 0.3) is 5.66 Å². The molecule has 0 spiro atoms. The summed E-state index contributed by atoms with van der Waals surface area (Å²) in [6.45, 7) is 11.1. The van der Waals surface area contributed by atoms with Crippen LogP contribution in [0.5, 0.6) is 0 Å². The first-order chi connectivity index (χ1) is 10.3. The number of nitrogens with zero attached hydrogens (tertiary/aromatic N) is 2. The Kier molecular flexibility index (Phi) is 4.17. The van der Waals surface area contributed by atoms with E-state index in [0.717, 1.165) is 15.5 Å². The van der Waals surface area contributed by atoms with Gasteiger partial charge in [-0.1, -0.05) is 31.7 Å². The third-order valence-electron chi connectivity index (χ3n) is 4.33. The summed E-state index contributed by atoms with van der Waals surface area (Å²) in [6.07, 6.45) is 0.558. The molecule has 1 unspecified atom stereocenters. The van der Waals surface area contributed by atoms with E-state index in [4.69, 9.17) is 0 Å². The van der Waals surface area contributed by atoms with Gasteiger partial charge in [0.05, 0.1) is 5.69 Å². The molecule has 1 aromatic carbocycles. The SMILES string of the molecule is C=C(NNc1ccccc1)C1(C)N(O)C(C)(C)C(CC)=[N+]1[O-]. The van der Waals surface area contributed by atoms with Crippen molar-refractivity contribution in [3.8, 4) is 0 Å². The number of para-hydroxylation sites is 1. The number of hydrogen-bond donors (Lipinski definition) is 3. The molecule has 1 heterocycles. The van der Waals surface area contributed by atoms with Gasteiger partial charge in [0, 0.05) is 13.3 Å². The van der Waals surface area contributed by atoms with Gasteiger partial charge < -0.3 is 15.8 Å². The third kappa shape index (κ3) is 2.34. The van der Waals surface area contributed by atoms with E-state index in [1.54, 1.807) is 6.92 Å². The lowest BCUT2D eigenvalue weighted by atomic mass is 9.96. The topological polar surface area (TPSA) is 73.6 Å². The van der Waals surface area contributed by atoms with Crippen molar-refractivity contribution in [1.29, 1.82) is 0 Å². The van der Waals surface area contributed by atoms with Gasteiger partial charge in [-0.15, -0.1) is 5.06 Å². The van der Waals surface area contributed by atoms with Crippen LogP contribution in [0.2, 0.25) is 0 Å². The van der Waals surface area contributed by atoms with E-state index in [1.165, 1.54) is 0 Å². The predicted octanol–water partition coefficient (Wildman–Crippen LogP) is 2.68. The summed E-state index contributed by atoms with van der Waals surface area (Å²) in [7, 11) is 0. The summed E-state index contributed by atoms with van der Waals surface area (Å²) in [5.41, 5.74) is 5.70. The minimum absolute atomic E-state index is 0.366. The van der Waals surface area contributed by atoms with Crippen LogP contribution in [0.1, 0.15) is 34.1 Å². The highest BCUT2D eigenvalue weighted by Gasteiger charge is 2.60. The zero-order chi connectivity index (χ0) is 16.5. The van der Waals surface area contributed by atoms with Crippen molar-refractivity contribution in [2.45, 2.75) is 45.3 Å². The van der Waals surface area contributed by atoms with Crippen LogP contribution in [0.3, 0.4) is 0 Å². The first kappa shape index (κ1) is 16.3. The minimum atomic E-state index is -1.28. The highest BCUT2D eigenvalue weighted by molar-refractivity contribution is 5.89. The fraction of sp³-hybridized carbons (Fsp3) is 0.438. The van der Waals surface area contributed by atoms with E-state index < -0.39 is 11.2 Å². The predicted molar refractivity (Wildman–Crippen MR) is 87.4 cm³/mol. The summed E-state index contributed by atoms with van der Waals surface area (Å²) in [5.74, 6) is 0. The lowest BCUT2D eigenvalue weighted by Gasteiger charge is -2.34. The van der Waals surface area contributed by atoms with Gasteiger partial charge in [0.2, 0.25) is 0 Å². The summed E-state index contributed by atoms with van der Waals surface area (Å²) >= 11 is 0. The normalized spacial score (nSPS) is 24.4. The number of hydroxylamine groups is 3. The van der Waals surface area contributed by atoms with Crippen LogP contribution in [0, 0.1) is 5.21 Å². The highest BCUT2D eigenvalue weighted by atomic mass is 16.6. The van der Waals surface area contributed by atoms with Crippen LogP contribution < -0.4 is 10.9 Å². The van der Waals surface area contributed by atoms with Crippen molar-refractivity contribution in [3.05, 3.63) is 47.8 Å². The first-order valence-electron chi connectivity index (χ1n) is 7.35. The van der Waals surface area contributed by atoms with Crippen molar-refractivity contribution in [3.63, 3.8) is 0 Å². The van der Waals surface area contributed by atoms with Gasteiger partial charge in [-0.05, 0) is 26.0 Å². The molecule has 2 rings (SSSR count). The summed E-state index contributed by atoms with van der Waals surface area (Å²) in [6, 6.07) is 9.48. The summed E-state index contributed by atoms with van der Waals surface area (Å²) < 4.78 is 0.842. The molecule has 6 heteroatoms. The van der Waals surface area contributed by atoms with E-state index in [0.29, 0.717) is 17.8 Å². The van der Waals surface area contributed by atoms with Crippen molar-refractivity contribution in [2.75, 3.05) is 5.43 Å². The Morgan fingerprint density at radius 1 is 1.32 bits per heavy atom. The number of benzene rings is 1. The summed E-state index contributed by atoms with van der Waals surface area (Å²) in [5, 5.41) is 24.3. The molecule has 120 valence electrons. The van der Waals surface area contributed by atoms with E-state index in [2.05, 4.69) is 17.4 Å². The van der Waals surface area contributed by atoms with Gasteiger partial charge in [0.15, 0.2) is 5.71 Å². The second-order valence-corrected chi connectivity index (χ2v) is 6.08. The van der Waals surface area contributed by atoms with Crippen LogP contribution in [0.15, 0.2) is 42.6 Å². The molecule has 22 heavy (non-hydrogen) atoms. The maximum Gasteiger partial charge on any atom is 0.290 e. The fourth-order valence-electron chi connectivity index (χ4n) is 2.88. The maximum absolute atomic E-state index is 12.7. The molecule has 0 amide bonds. The molecule has 0 saturated carbocycles. The molecule has 0 aliphatic carbocycles. The Labute approximate surface area is 131 Å². The van der Waals surface area contributed by atoms with E-state index in [-0.39, 0.29) is 0 Å². The van der Waals surface area contributed by atoms with Crippen LogP contribution in [-0.4, -0.2) is 31.9 Å². The Morgan fingerprint density at radius 2 is 1.91 bits per heavy atom. The van der Waals surface area contributed by atoms with Gasteiger partial charge in [-0.3, -0.25) is 5.43 Å². The van der Waals surface area contributed by atoms with Crippen molar-refractivity contribution in [2.24, 2.45) is 0 Å². The molecule has 0 fully saturated rings. The Morgan fingerprint density at radius 3 is 2.41 bits per heavy atom. The van der Waals surface area contributed by atoms with Crippen molar-refractivity contribution in [1.82, 2.24) is 10.5 Å². The zero-order valence-electron chi connectivity index (χ0n) is 13.6. The smallest absolute Gasteiger partial charge is 0.290 e. The average molecular weight is 304 g/mol. The quantitative estimate of drug-likeness (QED) is 0.443. The lowest BCUT2D eigenvalue weighted by molar-refractivity contribution is -0.574. The number of rotatable bonds is 5. The van der Waals surface area contributed by atoms with Crippen LogP contribution >= 0.6 is 0 Å². The second kappa shape index (κ2) is 5.62. The molecule has 0 aromatic heterocycles. The number of anilines is 1. The monoisotopic (exact) mass is 304 g/mol. The Hall–Kier alpha value is -2.05. The van der Waals surface area contributed by atoms with Gasteiger partial charge in [-0.2, -0.15) is 4.74 Å². The van der Waals surface area contributed by atoms with Crippen LogP contribution in [0.4, 0.5) is 5.69 Å². The van der Waals surface area contributed by atoms with Gasteiger partial charge in [-0.25, -0.2) is 0 Å². The maximum atomic E-state index is 12.7. The summed E-state index contributed by atoms with van der Waals surface area (Å²) in [4.78, 5) is 0. The molecule has 0 radical (unpaired) electrons. The van der Waals surface area contributed by atoms with E-state index in [9.17, 15) is 10.4 Å². The second-order valence-electron chi connectivity index (χ2n) is 6.08. The molecular weight excluding hydrogens is 280 g/mol. The van der Waals surface area contributed by atoms with Crippen molar-refractivity contribution < 1.29 is 9.95 Å². The number of nitrogens with one attached hydrogen (secondary N) is 2. The molecular formula is C16H24N4O2. The molecule has 0 saturated heterocycles. The molecule has 1 aromatic rings. The molecule has 1 aliphatic heterocycles. The van der Waals surface area contributed by atoms with E-state index in [1.807, 2.05) is 51.1 Å². The third-order valence-corrected chi connectivity index (χ3v) is 4.33. The minimum Gasteiger partial charge on any atom is -0.622 e. The average Bonchev–Trinajstić information content (AvgIpc) is 2.64. The van der Waals surface area contributed by atoms with Crippen LogP contribution in [0.25, 0.3) is 0 Å². The molecule has 0 bridgehead atoms. The highest BCUT2D eigenvalue weighted by Crippen LogP contribution is 2.36. The zero-order valence-corrected chi connectivity index (χ0v) is 13.6. The molecule has 3 N–H and O–H groups in total. The van der Waals surface area contributed by atoms with Gasteiger partial charge in [0.1, 0.15) is 11.2 Å². The molecule has 6 nitrogen and oxygen atoms in total. The molecule has 1 atom stereocenters. The number of hydrogen-bond acceptors (Lipinski definition) is 5.